The van der Waals surface area contributed by atoms with Gasteiger partial charge in [-0.2, -0.15) is 0 Å². The van der Waals surface area contributed by atoms with Crippen molar-refractivity contribution < 1.29 is 4.79 Å². The summed E-state index contributed by atoms with van der Waals surface area (Å²) in [7, 11) is 0. The lowest BCUT2D eigenvalue weighted by Crippen LogP contribution is -2.15. The molecule has 1 heterocycles. The monoisotopic (exact) mass is 437 g/mol. The van der Waals surface area contributed by atoms with E-state index < -0.39 is 0 Å². The standard InChI is InChI=1S/C24H28ClN5O/c1-15-7-8-18(13-16(15)2)26-14-23-29-28-22(30(23)19-9-10-19)11-12-24(31)27-21-6-4-5-20(25)17(21)3/h4-8,13,19,26H,9-12,14H2,1-3H3,(H,27,31). The average molecular weight is 438 g/mol. The molecule has 1 aromatic heterocycles. The molecule has 1 aliphatic rings. The summed E-state index contributed by atoms with van der Waals surface area (Å²) in [5, 5.41) is 15.9. The van der Waals surface area contributed by atoms with E-state index in [2.05, 4.69) is 57.4 Å². The number of nitrogens with zero attached hydrogens (tertiary/aromatic N) is 3. The van der Waals surface area contributed by atoms with Crippen molar-refractivity contribution in [3.63, 3.8) is 0 Å². The number of benzene rings is 2. The Morgan fingerprint density at radius 2 is 1.87 bits per heavy atom. The zero-order valence-corrected chi connectivity index (χ0v) is 19.0. The van der Waals surface area contributed by atoms with Crippen LogP contribution in [0.3, 0.4) is 0 Å². The van der Waals surface area contributed by atoms with Gasteiger partial charge in [0, 0.05) is 35.3 Å². The Bertz CT molecular complexity index is 1100. The van der Waals surface area contributed by atoms with Crippen LogP contribution in [0.5, 0.6) is 0 Å². The summed E-state index contributed by atoms with van der Waals surface area (Å²) in [4.78, 5) is 12.5. The molecule has 0 spiro atoms. The van der Waals surface area contributed by atoms with Crippen LogP contribution in [0.2, 0.25) is 5.02 Å². The summed E-state index contributed by atoms with van der Waals surface area (Å²) in [5.74, 6) is 1.74. The number of carbonyl (C=O) groups is 1. The summed E-state index contributed by atoms with van der Waals surface area (Å²) in [5.41, 5.74) is 5.24. The number of carbonyl (C=O) groups excluding carboxylic acids is 1. The Morgan fingerprint density at radius 3 is 2.61 bits per heavy atom. The van der Waals surface area contributed by atoms with Gasteiger partial charge < -0.3 is 15.2 Å². The molecule has 162 valence electrons. The number of hydrogen-bond acceptors (Lipinski definition) is 4. The van der Waals surface area contributed by atoms with Gasteiger partial charge in [0.1, 0.15) is 5.82 Å². The zero-order chi connectivity index (χ0) is 22.0. The van der Waals surface area contributed by atoms with Gasteiger partial charge in [-0.3, -0.25) is 4.79 Å². The fraction of sp³-hybridized carbons (Fsp3) is 0.375. The van der Waals surface area contributed by atoms with Crippen molar-refractivity contribution in [1.29, 1.82) is 0 Å². The fourth-order valence-electron chi connectivity index (χ4n) is 3.62. The molecule has 3 aromatic rings. The number of amides is 1. The van der Waals surface area contributed by atoms with Gasteiger partial charge in [0.25, 0.3) is 0 Å². The minimum Gasteiger partial charge on any atom is -0.378 e. The summed E-state index contributed by atoms with van der Waals surface area (Å²) < 4.78 is 2.21. The van der Waals surface area contributed by atoms with Crippen molar-refractivity contribution in [3.05, 3.63) is 69.8 Å². The molecule has 1 aliphatic carbocycles. The van der Waals surface area contributed by atoms with Crippen LogP contribution in [0, 0.1) is 20.8 Å². The van der Waals surface area contributed by atoms with Crippen LogP contribution in [0.1, 0.15) is 53.6 Å². The van der Waals surface area contributed by atoms with E-state index >= 15 is 0 Å². The van der Waals surface area contributed by atoms with E-state index in [1.54, 1.807) is 0 Å². The van der Waals surface area contributed by atoms with Gasteiger partial charge >= 0.3 is 0 Å². The molecular formula is C24H28ClN5O. The van der Waals surface area contributed by atoms with E-state index in [0.29, 0.717) is 30.5 Å². The molecule has 2 aromatic carbocycles. The number of anilines is 2. The summed E-state index contributed by atoms with van der Waals surface area (Å²) >= 11 is 6.15. The predicted octanol–water partition coefficient (Wildman–Crippen LogP) is 5.38. The smallest absolute Gasteiger partial charge is 0.224 e. The average Bonchev–Trinajstić information content (AvgIpc) is 3.50. The van der Waals surface area contributed by atoms with E-state index in [0.717, 1.165) is 41.4 Å². The first-order valence-corrected chi connectivity index (χ1v) is 11.1. The number of aryl methyl sites for hydroxylation is 3. The van der Waals surface area contributed by atoms with Crippen LogP contribution in [-0.2, 0) is 17.8 Å². The maximum absolute atomic E-state index is 12.5. The molecule has 0 unspecified atom stereocenters. The molecule has 6 nitrogen and oxygen atoms in total. The third-order valence-corrected chi connectivity index (χ3v) is 6.23. The Balaban J connectivity index is 1.40. The fourth-order valence-corrected chi connectivity index (χ4v) is 3.79. The Hall–Kier alpha value is -2.86. The molecule has 1 fully saturated rings. The van der Waals surface area contributed by atoms with Crippen molar-refractivity contribution in [2.75, 3.05) is 10.6 Å². The van der Waals surface area contributed by atoms with Gasteiger partial charge in [-0.05, 0) is 74.6 Å². The van der Waals surface area contributed by atoms with Crippen LogP contribution in [-0.4, -0.2) is 20.7 Å². The van der Waals surface area contributed by atoms with Crippen LogP contribution in [0.15, 0.2) is 36.4 Å². The topological polar surface area (TPSA) is 71.8 Å². The number of halogens is 1. The molecule has 0 atom stereocenters. The third kappa shape index (κ3) is 5.07. The first-order chi connectivity index (χ1) is 14.9. The van der Waals surface area contributed by atoms with E-state index in [4.69, 9.17) is 11.6 Å². The SMILES string of the molecule is Cc1ccc(NCc2nnc(CCC(=O)Nc3cccc(Cl)c3C)n2C2CC2)cc1C. The molecule has 4 rings (SSSR count). The number of aromatic nitrogens is 3. The zero-order valence-electron chi connectivity index (χ0n) is 18.2. The van der Waals surface area contributed by atoms with Gasteiger partial charge in [-0.15, -0.1) is 10.2 Å². The normalized spacial score (nSPS) is 13.3. The molecule has 0 bridgehead atoms. The van der Waals surface area contributed by atoms with E-state index in [9.17, 15) is 4.79 Å². The van der Waals surface area contributed by atoms with Crippen LogP contribution in [0.4, 0.5) is 11.4 Å². The lowest BCUT2D eigenvalue weighted by Gasteiger charge is -2.12. The lowest BCUT2D eigenvalue weighted by atomic mass is 10.1. The first kappa shape index (κ1) is 21.4. The third-order valence-electron chi connectivity index (χ3n) is 5.82. The lowest BCUT2D eigenvalue weighted by molar-refractivity contribution is -0.116. The summed E-state index contributed by atoms with van der Waals surface area (Å²) in [6.45, 7) is 6.73. The molecule has 1 amide bonds. The highest BCUT2D eigenvalue weighted by molar-refractivity contribution is 6.31. The van der Waals surface area contributed by atoms with Crippen molar-refractivity contribution in [3.8, 4) is 0 Å². The van der Waals surface area contributed by atoms with Crippen molar-refractivity contribution >= 4 is 28.9 Å². The van der Waals surface area contributed by atoms with Crippen LogP contribution >= 0.6 is 11.6 Å². The molecule has 1 saturated carbocycles. The molecule has 31 heavy (non-hydrogen) atoms. The van der Waals surface area contributed by atoms with E-state index in [1.165, 1.54) is 11.1 Å². The van der Waals surface area contributed by atoms with E-state index in [1.807, 2.05) is 25.1 Å². The quantitative estimate of drug-likeness (QED) is 0.496. The molecule has 0 radical (unpaired) electrons. The highest BCUT2D eigenvalue weighted by Crippen LogP contribution is 2.37. The first-order valence-electron chi connectivity index (χ1n) is 10.7. The maximum atomic E-state index is 12.5. The molecule has 0 saturated heterocycles. The minimum absolute atomic E-state index is 0.0504. The summed E-state index contributed by atoms with van der Waals surface area (Å²) in [6.07, 6.45) is 3.17. The molecule has 2 N–H and O–H groups in total. The van der Waals surface area contributed by atoms with Crippen LogP contribution < -0.4 is 10.6 Å². The Morgan fingerprint density at radius 1 is 1.10 bits per heavy atom. The van der Waals surface area contributed by atoms with Gasteiger partial charge in [-0.25, -0.2) is 0 Å². The second-order valence-corrected chi connectivity index (χ2v) is 8.65. The minimum atomic E-state index is -0.0504. The highest BCUT2D eigenvalue weighted by atomic mass is 35.5. The molecular weight excluding hydrogens is 410 g/mol. The van der Waals surface area contributed by atoms with Crippen molar-refractivity contribution in [2.24, 2.45) is 0 Å². The number of rotatable bonds is 8. The van der Waals surface area contributed by atoms with Gasteiger partial charge in [0.2, 0.25) is 5.91 Å². The highest BCUT2D eigenvalue weighted by Gasteiger charge is 2.29. The second kappa shape index (κ2) is 9.10. The second-order valence-electron chi connectivity index (χ2n) is 8.25. The van der Waals surface area contributed by atoms with E-state index in [-0.39, 0.29) is 5.91 Å². The largest absolute Gasteiger partial charge is 0.378 e. The predicted molar refractivity (Wildman–Crippen MR) is 125 cm³/mol. The Labute approximate surface area is 188 Å². The van der Waals surface area contributed by atoms with Crippen molar-refractivity contribution in [1.82, 2.24) is 14.8 Å². The van der Waals surface area contributed by atoms with Gasteiger partial charge in [-0.1, -0.05) is 23.7 Å². The number of hydrogen-bond donors (Lipinski definition) is 2. The maximum Gasteiger partial charge on any atom is 0.224 e. The number of nitrogens with one attached hydrogen (secondary N) is 2. The van der Waals surface area contributed by atoms with Gasteiger partial charge in [0.05, 0.1) is 6.54 Å². The van der Waals surface area contributed by atoms with Crippen LogP contribution in [0.25, 0.3) is 0 Å². The summed E-state index contributed by atoms with van der Waals surface area (Å²) in [6, 6.07) is 12.3. The van der Waals surface area contributed by atoms with Gasteiger partial charge in [0.15, 0.2) is 5.82 Å². The molecule has 7 heteroatoms. The molecule has 0 aliphatic heterocycles. The Kier molecular flexibility index (Phi) is 6.28. The van der Waals surface area contributed by atoms with Crippen molar-refractivity contribution in [2.45, 2.75) is 59.0 Å².